The molecule has 0 aliphatic rings. The highest BCUT2D eigenvalue weighted by molar-refractivity contribution is 5.71. The van der Waals surface area contributed by atoms with Crippen LogP contribution in [0.4, 0.5) is 0 Å². The van der Waals surface area contributed by atoms with Crippen molar-refractivity contribution < 1.29 is 28.6 Å². The molecule has 6 heteroatoms. The summed E-state index contributed by atoms with van der Waals surface area (Å²) >= 11 is 0. The second-order valence-electron chi connectivity index (χ2n) is 17.7. The lowest BCUT2D eigenvalue weighted by atomic mass is 10.1. The van der Waals surface area contributed by atoms with Crippen molar-refractivity contribution in [3.05, 3.63) is 122 Å². The first-order valence-electron chi connectivity index (χ1n) is 27.5. The van der Waals surface area contributed by atoms with Gasteiger partial charge in [0.05, 0.1) is 0 Å². The number of esters is 3. The molecule has 0 heterocycles. The van der Waals surface area contributed by atoms with Crippen LogP contribution in [0.1, 0.15) is 233 Å². The van der Waals surface area contributed by atoms with Crippen LogP contribution in [0.3, 0.4) is 0 Å². The first kappa shape index (κ1) is 63.8. The number of hydrogen-bond donors (Lipinski definition) is 0. The summed E-state index contributed by atoms with van der Waals surface area (Å²) in [6.07, 6.45) is 76.2. The molecule has 0 N–H and O–H groups in total. The Morgan fingerprint density at radius 1 is 0.309 bits per heavy atom. The van der Waals surface area contributed by atoms with Crippen LogP contribution in [0.5, 0.6) is 0 Å². The number of hydrogen-bond acceptors (Lipinski definition) is 6. The Morgan fingerprint density at radius 2 is 0.588 bits per heavy atom. The van der Waals surface area contributed by atoms with Gasteiger partial charge in [-0.2, -0.15) is 0 Å². The molecule has 0 saturated heterocycles. The lowest BCUT2D eigenvalue weighted by Crippen LogP contribution is -2.30. The van der Waals surface area contributed by atoms with E-state index < -0.39 is 6.10 Å². The van der Waals surface area contributed by atoms with Crippen molar-refractivity contribution in [2.45, 2.75) is 239 Å². The summed E-state index contributed by atoms with van der Waals surface area (Å²) in [6.45, 7) is 6.31. The molecule has 0 aliphatic carbocycles. The number of ether oxygens (including phenoxy) is 3. The predicted molar refractivity (Wildman–Crippen MR) is 293 cm³/mol. The lowest BCUT2D eigenvalue weighted by Gasteiger charge is -2.18. The van der Waals surface area contributed by atoms with E-state index in [9.17, 15) is 14.4 Å². The quantitative estimate of drug-likeness (QED) is 0.0262. The summed E-state index contributed by atoms with van der Waals surface area (Å²) in [6, 6.07) is 0. The Balaban J connectivity index is 4.55. The van der Waals surface area contributed by atoms with E-state index in [4.69, 9.17) is 14.2 Å². The topological polar surface area (TPSA) is 78.9 Å². The lowest BCUT2D eigenvalue weighted by molar-refractivity contribution is -0.167. The van der Waals surface area contributed by atoms with Gasteiger partial charge in [0.15, 0.2) is 6.10 Å². The van der Waals surface area contributed by atoms with Gasteiger partial charge in [0, 0.05) is 19.3 Å². The highest BCUT2D eigenvalue weighted by Gasteiger charge is 2.19. The SMILES string of the molecule is CC/C=C\C/C=C\C/C=C\C/C=C\C/C=C\CCCC(=O)OC(COC(=O)CCCC/C=C\C/C=C\C/C=C\C/C=C\CC)COC(=O)CCCCCCCCC/C=C\CCCCCCCCC. The summed E-state index contributed by atoms with van der Waals surface area (Å²) in [7, 11) is 0. The zero-order valence-corrected chi connectivity index (χ0v) is 43.8. The van der Waals surface area contributed by atoms with E-state index in [-0.39, 0.29) is 44.0 Å². The van der Waals surface area contributed by atoms with Gasteiger partial charge in [-0.1, -0.05) is 213 Å². The van der Waals surface area contributed by atoms with E-state index >= 15 is 0 Å². The van der Waals surface area contributed by atoms with Crippen LogP contribution >= 0.6 is 0 Å². The van der Waals surface area contributed by atoms with E-state index in [0.29, 0.717) is 19.3 Å². The molecule has 0 rings (SSSR count). The molecular formula is C62H100O6. The van der Waals surface area contributed by atoms with Gasteiger partial charge in [-0.05, 0) is 122 Å². The van der Waals surface area contributed by atoms with E-state index in [1.807, 2.05) is 0 Å². The van der Waals surface area contributed by atoms with Crippen LogP contribution in [0.25, 0.3) is 0 Å². The average Bonchev–Trinajstić information content (AvgIpc) is 3.34. The van der Waals surface area contributed by atoms with Crippen LogP contribution in [-0.2, 0) is 28.6 Å². The van der Waals surface area contributed by atoms with E-state index in [2.05, 4.69) is 142 Å². The van der Waals surface area contributed by atoms with Crippen molar-refractivity contribution in [3.8, 4) is 0 Å². The number of rotatable bonds is 48. The van der Waals surface area contributed by atoms with Crippen molar-refractivity contribution in [1.82, 2.24) is 0 Å². The Bertz CT molecular complexity index is 1450. The van der Waals surface area contributed by atoms with Gasteiger partial charge >= 0.3 is 17.9 Å². The molecule has 0 aromatic carbocycles. The summed E-state index contributed by atoms with van der Waals surface area (Å²) < 4.78 is 16.7. The number of allylic oxidation sites excluding steroid dienone is 20. The van der Waals surface area contributed by atoms with Crippen LogP contribution in [0, 0.1) is 0 Å². The Morgan fingerprint density at radius 3 is 0.985 bits per heavy atom. The zero-order valence-electron chi connectivity index (χ0n) is 43.8. The fourth-order valence-corrected chi connectivity index (χ4v) is 7.11. The minimum atomic E-state index is -0.830. The molecule has 0 bridgehead atoms. The third kappa shape index (κ3) is 52.8. The molecule has 0 spiro atoms. The molecule has 0 aromatic heterocycles. The van der Waals surface area contributed by atoms with E-state index in [1.54, 1.807) is 0 Å². The van der Waals surface area contributed by atoms with E-state index in [1.165, 1.54) is 83.5 Å². The molecule has 384 valence electrons. The highest BCUT2D eigenvalue weighted by Crippen LogP contribution is 2.13. The molecule has 0 saturated carbocycles. The molecular weight excluding hydrogens is 841 g/mol. The maximum absolute atomic E-state index is 12.8. The summed E-state index contributed by atoms with van der Waals surface area (Å²) in [5.74, 6) is -1.03. The van der Waals surface area contributed by atoms with Crippen molar-refractivity contribution in [2.75, 3.05) is 13.2 Å². The van der Waals surface area contributed by atoms with Crippen LogP contribution < -0.4 is 0 Å². The molecule has 6 nitrogen and oxygen atoms in total. The van der Waals surface area contributed by atoms with Gasteiger partial charge in [-0.15, -0.1) is 0 Å². The Kier molecular flexibility index (Phi) is 52.0. The maximum Gasteiger partial charge on any atom is 0.306 e. The first-order valence-corrected chi connectivity index (χ1v) is 27.5. The summed E-state index contributed by atoms with van der Waals surface area (Å²) in [4.78, 5) is 38.1. The van der Waals surface area contributed by atoms with Crippen LogP contribution in [0.15, 0.2) is 122 Å². The van der Waals surface area contributed by atoms with Crippen LogP contribution in [-0.4, -0.2) is 37.2 Å². The second-order valence-corrected chi connectivity index (χ2v) is 17.7. The molecule has 0 fully saturated rings. The predicted octanol–water partition coefficient (Wildman–Crippen LogP) is 18.5. The van der Waals surface area contributed by atoms with Crippen LogP contribution in [0.2, 0.25) is 0 Å². The molecule has 0 aromatic rings. The average molecular weight is 941 g/mol. The summed E-state index contributed by atoms with van der Waals surface area (Å²) in [5.41, 5.74) is 0. The van der Waals surface area contributed by atoms with Gasteiger partial charge in [0.25, 0.3) is 0 Å². The van der Waals surface area contributed by atoms with Gasteiger partial charge in [0.1, 0.15) is 13.2 Å². The van der Waals surface area contributed by atoms with Gasteiger partial charge in [0.2, 0.25) is 0 Å². The molecule has 68 heavy (non-hydrogen) atoms. The minimum absolute atomic E-state index is 0.119. The molecule has 0 amide bonds. The van der Waals surface area contributed by atoms with Crippen molar-refractivity contribution in [1.29, 1.82) is 0 Å². The maximum atomic E-state index is 12.8. The van der Waals surface area contributed by atoms with Gasteiger partial charge in [-0.25, -0.2) is 0 Å². The standard InChI is InChI=1S/C62H100O6/c1-4-7-10-13-16-19-22-25-28-30-32-34-37-40-43-46-49-52-55-61(64)67-58-59(57-66-60(63)54-51-48-45-42-39-36-33-27-24-21-18-15-12-9-6-3)68-62(65)56-53-50-47-44-41-38-35-31-29-26-23-20-17-14-11-8-5-2/h8-9,11-12,17-18,20-21,26-30,33,35,38-39,42,44,47,59H,4-7,10,13-16,19,22-25,31-32,34,36-37,40-41,43,45-46,48-58H2,1-3H3/b11-8-,12-9-,20-17-,21-18-,29-26-,30-28-,33-27-,38-35-,42-39-,47-44-. The fraction of sp³-hybridized carbons (Fsp3) is 0.629. The largest absolute Gasteiger partial charge is 0.462 e. The Hall–Kier alpha value is -4.19. The third-order valence-electron chi connectivity index (χ3n) is 11.2. The van der Waals surface area contributed by atoms with E-state index in [0.717, 1.165) is 96.3 Å². The second kappa shape index (κ2) is 55.4. The minimum Gasteiger partial charge on any atom is -0.462 e. The third-order valence-corrected chi connectivity index (χ3v) is 11.2. The zero-order chi connectivity index (χ0) is 49.3. The number of carbonyl (C=O) groups is 3. The monoisotopic (exact) mass is 941 g/mol. The highest BCUT2D eigenvalue weighted by atomic mass is 16.6. The normalized spacial score (nSPS) is 13.0. The van der Waals surface area contributed by atoms with Crippen molar-refractivity contribution in [2.24, 2.45) is 0 Å². The molecule has 0 aliphatic heterocycles. The van der Waals surface area contributed by atoms with Gasteiger partial charge in [-0.3, -0.25) is 14.4 Å². The summed E-state index contributed by atoms with van der Waals surface area (Å²) in [5, 5.41) is 0. The Labute approximate surface area is 418 Å². The number of carbonyl (C=O) groups excluding carboxylic acids is 3. The first-order chi connectivity index (χ1) is 33.5. The fourth-order valence-electron chi connectivity index (χ4n) is 7.11. The number of unbranched alkanes of at least 4 members (excludes halogenated alkanes) is 17. The molecule has 1 atom stereocenters. The van der Waals surface area contributed by atoms with Crippen molar-refractivity contribution >= 4 is 17.9 Å². The van der Waals surface area contributed by atoms with Gasteiger partial charge < -0.3 is 14.2 Å². The molecule has 1 unspecified atom stereocenters. The smallest absolute Gasteiger partial charge is 0.306 e. The molecule has 0 radical (unpaired) electrons. The van der Waals surface area contributed by atoms with Crippen molar-refractivity contribution in [3.63, 3.8) is 0 Å².